The Morgan fingerprint density at radius 3 is 2.44 bits per heavy atom. The Bertz CT molecular complexity index is 345. The Morgan fingerprint density at radius 2 is 2.12 bits per heavy atom. The molecule has 0 aliphatic rings. The van der Waals surface area contributed by atoms with Crippen LogP contribution in [-0.2, 0) is 4.84 Å². The number of rotatable bonds is 3. The molecule has 0 aromatic carbocycles. The Hall–Kier alpha value is -1.02. The van der Waals surface area contributed by atoms with Crippen molar-refractivity contribution in [1.29, 1.82) is 0 Å². The fourth-order valence-corrected chi connectivity index (χ4v) is 1.31. The van der Waals surface area contributed by atoms with Crippen molar-refractivity contribution in [1.82, 2.24) is 10.2 Å². The van der Waals surface area contributed by atoms with Crippen LogP contribution >= 0.6 is 15.9 Å². The van der Waals surface area contributed by atoms with Crippen LogP contribution in [0.5, 0.6) is 0 Å². The number of halogens is 1. The van der Waals surface area contributed by atoms with Crippen molar-refractivity contribution < 1.29 is 4.84 Å². The van der Waals surface area contributed by atoms with E-state index in [0.717, 1.165) is 16.9 Å². The molecule has 6 nitrogen and oxygen atoms in total. The van der Waals surface area contributed by atoms with Gasteiger partial charge < -0.3 is 10.3 Å². The standard InChI is InChI=1S/C6H9BrN4.C3H7NO/c1-3-4(2)10-11-6(7)5(3)9-8;1-2-3-5-4/h8H2,1-2H3,(H,9,10);2H,1,3-4H2. The summed E-state index contributed by atoms with van der Waals surface area (Å²) in [5, 5.41) is 7.73. The highest BCUT2D eigenvalue weighted by molar-refractivity contribution is 9.10. The summed E-state index contributed by atoms with van der Waals surface area (Å²) in [5.74, 6) is 9.84. The minimum absolute atomic E-state index is 0.431. The van der Waals surface area contributed by atoms with Crippen LogP contribution in [-0.4, -0.2) is 16.8 Å². The predicted octanol–water partition coefficient (Wildman–Crippen LogP) is 1.20. The number of anilines is 1. The van der Waals surface area contributed by atoms with Gasteiger partial charge in [0.1, 0.15) is 0 Å². The molecule has 0 spiro atoms. The minimum Gasteiger partial charge on any atom is -0.321 e. The van der Waals surface area contributed by atoms with Gasteiger partial charge in [-0.1, -0.05) is 6.08 Å². The van der Waals surface area contributed by atoms with Crippen LogP contribution in [0, 0.1) is 13.8 Å². The van der Waals surface area contributed by atoms with E-state index < -0.39 is 0 Å². The molecule has 1 aromatic rings. The van der Waals surface area contributed by atoms with Gasteiger partial charge in [0.05, 0.1) is 18.0 Å². The van der Waals surface area contributed by atoms with Gasteiger partial charge in [0, 0.05) is 0 Å². The smallest absolute Gasteiger partial charge is 0.153 e. The highest BCUT2D eigenvalue weighted by Gasteiger charge is 2.05. The monoisotopic (exact) mass is 289 g/mol. The lowest BCUT2D eigenvalue weighted by molar-refractivity contribution is 0.168. The molecule has 0 radical (unpaired) electrons. The number of hydrazine groups is 1. The molecule has 90 valence electrons. The summed E-state index contributed by atoms with van der Waals surface area (Å²) in [6.07, 6.45) is 1.58. The van der Waals surface area contributed by atoms with E-state index in [1.165, 1.54) is 0 Å². The SMILES string of the molecule is C=CCON.Cc1nnc(Br)c(NN)c1C. The molecular formula is C9H16BrN5O. The second-order valence-corrected chi connectivity index (χ2v) is 3.59. The zero-order valence-corrected chi connectivity index (χ0v) is 10.9. The van der Waals surface area contributed by atoms with Gasteiger partial charge in [0.2, 0.25) is 0 Å². The number of nitrogens with zero attached hydrogens (tertiary/aromatic N) is 2. The molecule has 1 aromatic heterocycles. The van der Waals surface area contributed by atoms with E-state index in [2.05, 4.69) is 48.9 Å². The van der Waals surface area contributed by atoms with E-state index in [1.54, 1.807) is 6.08 Å². The number of hydrogen-bond donors (Lipinski definition) is 3. The third-order valence-electron chi connectivity index (χ3n) is 1.77. The summed E-state index contributed by atoms with van der Waals surface area (Å²) in [7, 11) is 0. The quantitative estimate of drug-likeness (QED) is 0.439. The molecule has 5 N–H and O–H groups in total. The lowest BCUT2D eigenvalue weighted by atomic mass is 10.2. The molecule has 7 heteroatoms. The first-order valence-electron chi connectivity index (χ1n) is 4.47. The van der Waals surface area contributed by atoms with Gasteiger partial charge in [-0.05, 0) is 35.3 Å². The maximum atomic E-state index is 5.27. The molecule has 0 atom stereocenters. The van der Waals surface area contributed by atoms with Crippen molar-refractivity contribution in [2.75, 3.05) is 12.0 Å². The summed E-state index contributed by atoms with van der Waals surface area (Å²) >= 11 is 3.23. The number of aromatic nitrogens is 2. The van der Waals surface area contributed by atoms with Crippen molar-refractivity contribution in [3.8, 4) is 0 Å². The normalized spacial score (nSPS) is 9.06. The zero-order chi connectivity index (χ0) is 12.6. The van der Waals surface area contributed by atoms with Gasteiger partial charge in [-0.3, -0.25) is 5.84 Å². The molecule has 0 saturated heterocycles. The van der Waals surface area contributed by atoms with Crippen molar-refractivity contribution >= 4 is 21.6 Å². The average Bonchev–Trinajstić information content (AvgIpc) is 2.27. The highest BCUT2D eigenvalue weighted by atomic mass is 79.9. The van der Waals surface area contributed by atoms with E-state index in [4.69, 9.17) is 5.84 Å². The molecule has 0 saturated carbocycles. The summed E-state index contributed by atoms with van der Waals surface area (Å²) in [6, 6.07) is 0. The van der Waals surface area contributed by atoms with Gasteiger partial charge in [0.25, 0.3) is 0 Å². The second-order valence-electron chi connectivity index (χ2n) is 2.84. The maximum Gasteiger partial charge on any atom is 0.153 e. The molecule has 16 heavy (non-hydrogen) atoms. The van der Waals surface area contributed by atoms with Gasteiger partial charge in [-0.25, -0.2) is 5.90 Å². The highest BCUT2D eigenvalue weighted by Crippen LogP contribution is 2.22. The third kappa shape index (κ3) is 4.67. The summed E-state index contributed by atoms with van der Waals surface area (Å²) in [5.41, 5.74) is 5.23. The maximum absolute atomic E-state index is 5.27. The lowest BCUT2D eigenvalue weighted by Gasteiger charge is -2.06. The number of hydrogen-bond acceptors (Lipinski definition) is 6. The molecule has 0 amide bonds. The van der Waals surface area contributed by atoms with Crippen molar-refractivity contribution in [2.45, 2.75) is 13.8 Å². The number of nitrogens with two attached hydrogens (primary N) is 2. The van der Waals surface area contributed by atoms with Crippen LogP contribution in [0.25, 0.3) is 0 Å². The van der Waals surface area contributed by atoms with Gasteiger partial charge >= 0.3 is 0 Å². The molecule has 0 fully saturated rings. The number of nitrogens with one attached hydrogen (secondary N) is 1. The van der Waals surface area contributed by atoms with Crippen LogP contribution in [0.15, 0.2) is 17.3 Å². The number of aryl methyl sites for hydroxylation is 1. The van der Waals surface area contributed by atoms with Gasteiger partial charge in [-0.15, -0.1) is 11.7 Å². The Kier molecular flexibility index (Phi) is 7.65. The topological polar surface area (TPSA) is 99.1 Å². The molecule has 0 aliphatic heterocycles. The third-order valence-corrected chi connectivity index (χ3v) is 2.33. The molecule has 0 aliphatic carbocycles. The molecular weight excluding hydrogens is 274 g/mol. The Labute approximate surface area is 103 Å². The van der Waals surface area contributed by atoms with Crippen LogP contribution in [0.1, 0.15) is 11.3 Å². The lowest BCUT2D eigenvalue weighted by Crippen LogP contribution is -2.11. The first-order chi connectivity index (χ1) is 7.58. The fourth-order valence-electron chi connectivity index (χ4n) is 0.815. The van der Waals surface area contributed by atoms with E-state index >= 15 is 0 Å². The summed E-state index contributed by atoms with van der Waals surface area (Å²) in [4.78, 5) is 4.07. The first-order valence-corrected chi connectivity index (χ1v) is 5.26. The fraction of sp³-hybridized carbons (Fsp3) is 0.333. The molecule has 0 unspecified atom stereocenters. The van der Waals surface area contributed by atoms with Crippen molar-refractivity contribution in [3.05, 3.63) is 28.5 Å². The summed E-state index contributed by atoms with van der Waals surface area (Å²) in [6.45, 7) is 7.59. The second kappa shape index (κ2) is 8.17. The van der Waals surface area contributed by atoms with Crippen LogP contribution in [0.2, 0.25) is 0 Å². The van der Waals surface area contributed by atoms with E-state index in [-0.39, 0.29) is 0 Å². The first kappa shape index (κ1) is 15.0. The van der Waals surface area contributed by atoms with E-state index in [1.807, 2.05) is 13.8 Å². The summed E-state index contributed by atoms with van der Waals surface area (Å²) < 4.78 is 0.642. The van der Waals surface area contributed by atoms with Crippen LogP contribution < -0.4 is 17.2 Å². The van der Waals surface area contributed by atoms with Crippen LogP contribution in [0.3, 0.4) is 0 Å². The van der Waals surface area contributed by atoms with E-state index in [0.29, 0.717) is 11.2 Å². The average molecular weight is 290 g/mol. The molecule has 1 heterocycles. The van der Waals surface area contributed by atoms with Crippen LogP contribution in [0.4, 0.5) is 5.69 Å². The number of nitrogen functional groups attached to an aromatic ring is 1. The van der Waals surface area contributed by atoms with E-state index in [9.17, 15) is 0 Å². The van der Waals surface area contributed by atoms with Gasteiger partial charge in [-0.2, -0.15) is 5.10 Å². The minimum atomic E-state index is 0.431. The Balaban J connectivity index is 0.000000385. The van der Waals surface area contributed by atoms with Gasteiger partial charge in [0.15, 0.2) is 4.60 Å². The van der Waals surface area contributed by atoms with Crippen molar-refractivity contribution in [3.63, 3.8) is 0 Å². The zero-order valence-electron chi connectivity index (χ0n) is 9.33. The predicted molar refractivity (Wildman–Crippen MR) is 67.4 cm³/mol. The molecule has 1 rings (SSSR count). The Morgan fingerprint density at radius 1 is 1.50 bits per heavy atom. The van der Waals surface area contributed by atoms with Crippen molar-refractivity contribution in [2.24, 2.45) is 11.7 Å². The largest absolute Gasteiger partial charge is 0.321 e. The molecule has 0 bridgehead atoms.